The highest BCUT2D eigenvalue weighted by molar-refractivity contribution is 5.31. The first-order valence-corrected chi connectivity index (χ1v) is 15.6. The smallest absolute Gasteiger partial charge is 0.118 e. The van der Waals surface area contributed by atoms with Crippen LogP contribution < -0.4 is 0 Å². The molecule has 0 atom stereocenters. The van der Waals surface area contributed by atoms with Crippen LogP contribution in [0.3, 0.4) is 0 Å². The molecule has 0 saturated carbocycles. The van der Waals surface area contributed by atoms with E-state index in [4.69, 9.17) is 0 Å². The average molecular weight is 473 g/mol. The summed E-state index contributed by atoms with van der Waals surface area (Å²) in [5.41, 5.74) is 1.11. The molecular formula is C33H60O. The van der Waals surface area contributed by atoms with Crippen molar-refractivity contribution in [3.8, 4) is 5.75 Å². The molecule has 0 heterocycles. The van der Waals surface area contributed by atoms with Crippen LogP contribution >= 0.6 is 0 Å². The van der Waals surface area contributed by atoms with Crippen molar-refractivity contribution in [1.82, 2.24) is 0 Å². The molecule has 1 rings (SSSR count). The van der Waals surface area contributed by atoms with Crippen LogP contribution in [0.15, 0.2) is 24.3 Å². The van der Waals surface area contributed by atoms with Gasteiger partial charge in [-0.25, -0.2) is 0 Å². The molecule has 34 heavy (non-hydrogen) atoms. The maximum absolute atomic E-state index is 9.80. The van der Waals surface area contributed by atoms with E-state index in [1.54, 1.807) is 6.07 Å². The van der Waals surface area contributed by atoms with Crippen LogP contribution in [0.1, 0.15) is 173 Å². The Kier molecular flexibility index (Phi) is 22.9. The molecule has 0 aromatic heterocycles. The lowest BCUT2D eigenvalue weighted by molar-refractivity contribution is 0.465. The Morgan fingerprint density at radius 2 is 0.706 bits per heavy atom. The SMILES string of the molecule is CCCCCCCCCCCCCCCCCCCCCCCCCCCc1ccccc1O. The molecule has 1 nitrogen and oxygen atoms in total. The third kappa shape index (κ3) is 20.4. The number of phenols is 1. The van der Waals surface area contributed by atoms with E-state index in [2.05, 4.69) is 13.0 Å². The number of rotatable bonds is 26. The molecule has 0 spiro atoms. The number of aryl methyl sites for hydroxylation is 1. The van der Waals surface area contributed by atoms with E-state index in [0.717, 1.165) is 12.0 Å². The summed E-state index contributed by atoms with van der Waals surface area (Å²) in [6.07, 6.45) is 36.9. The first kappa shape index (κ1) is 31.1. The minimum Gasteiger partial charge on any atom is -0.508 e. The first-order chi connectivity index (χ1) is 16.8. The summed E-state index contributed by atoms with van der Waals surface area (Å²) in [7, 11) is 0. The first-order valence-electron chi connectivity index (χ1n) is 15.6. The molecule has 1 aromatic rings. The van der Waals surface area contributed by atoms with E-state index >= 15 is 0 Å². The largest absolute Gasteiger partial charge is 0.508 e. The van der Waals surface area contributed by atoms with Crippen molar-refractivity contribution < 1.29 is 5.11 Å². The second-order valence-corrected chi connectivity index (χ2v) is 10.9. The van der Waals surface area contributed by atoms with Crippen LogP contribution in [0, 0.1) is 0 Å². The number of aromatic hydroxyl groups is 1. The molecule has 0 aliphatic carbocycles. The molecule has 1 aromatic carbocycles. The van der Waals surface area contributed by atoms with Crippen molar-refractivity contribution in [3.63, 3.8) is 0 Å². The Morgan fingerprint density at radius 3 is 1.03 bits per heavy atom. The van der Waals surface area contributed by atoms with Gasteiger partial charge in [0, 0.05) is 0 Å². The highest BCUT2D eigenvalue weighted by Gasteiger charge is 1.99. The Morgan fingerprint density at radius 1 is 0.412 bits per heavy atom. The summed E-state index contributed by atoms with van der Waals surface area (Å²) >= 11 is 0. The second-order valence-electron chi connectivity index (χ2n) is 10.9. The summed E-state index contributed by atoms with van der Waals surface area (Å²) < 4.78 is 0. The van der Waals surface area contributed by atoms with Crippen LogP contribution in [-0.2, 0) is 6.42 Å². The third-order valence-corrected chi connectivity index (χ3v) is 7.54. The molecule has 0 radical (unpaired) electrons. The van der Waals surface area contributed by atoms with E-state index < -0.39 is 0 Å². The van der Waals surface area contributed by atoms with Crippen molar-refractivity contribution in [2.75, 3.05) is 0 Å². The molecule has 0 saturated heterocycles. The van der Waals surface area contributed by atoms with Gasteiger partial charge in [-0.1, -0.05) is 179 Å². The summed E-state index contributed by atoms with van der Waals surface area (Å²) in [6.45, 7) is 2.30. The van der Waals surface area contributed by atoms with Crippen molar-refractivity contribution in [3.05, 3.63) is 29.8 Å². The van der Waals surface area contributed by atoms with Gasteiger partial charge in [0.05, 0.1) is 0 Å². The maximum Gasteiger partial charge on any atom is 0.118 e. The lowest BCUT2D eigenvalue weighted by Gasteiger charge is -2.05. The van der Waals surface area contributed by atoms with Gasteiger partial charge in [-0.3, -0.25) is 0 Å². The topological polar surface area (TPSA) is 20.2 Å². The molecular weight excluding hydrogens is 412 g/mol. The van der Waals surface area contributed by atoms with Gasteiger partial charge in [0.1, 0.15) is 5.75 Å². The lowest BCUT2D eigenvalue weighted by Crippen LogP contribution is -1.87. The highest BCUT2D eigenvalue weighted by atomic mass is 16.3. The van der Waals surface area contributed by atoms with Crippen LogP contribution in [0.5, 0.6) is 5.75 Å². The highest BCUT2D eigenvalue weighted by Crippen LogP contribution is 2.19. The molecule has 198 valence electrons. The van der Waals surface area contributed by atoms with Crippen molar-refractivity contribution in [2.45, 2.75) is 174 Å². The summed E-state index contributed by atoms with van der Waals surface area (Å²) in [6, 6.07) is 7.78. The zero-order valence-electron chi connectivity index (χ0n) is 23.1. The number of benzene rings is 1. The van der Waals surface area contributed by atoms with E-state index in [0.29, 0.717) is 5.75 Å². The molecule has 0 fully saturated rings. The molecule has 0 unspecified atom stereocenters. The number of para-hydroxylation sites is 1. The predicted octanol–water partition coefficient (Wildman–Crippen LogP) is 11.7. The predicted molar refractivity (Wildman–Crippen MR) is 153 cm³/mol. The quantitative estimate of drug-likeness (QED) is 0.133. The van der Waals surface area contributed by atoms with Gasteiger partial charge >= 0.3 is 0 Å². The van der Waals surface area contributed by atoms with Gasteiger partial charge in [-0.05, 0) is 24.5 Å². The standard InChI is InChI=1S/C33H60O/c1-2-3-4-5-6-7-8-9-10-11-12-13-14-15-16-17-18-19-20-21-22-23-24-25-26-29-32-30-27-28-31-33(32)34/h27-28,30-31,34H,2-26,29H2,1H3. The lowest BCUT2D eigenvalue weighted by atomic mass is 10.0. The van der Waals surface area contributed by atoms with Gasteiger partial charge < -0.3 is 5.11 Å². The number of unbranched alkanes of at least 4 members (excludes halogenated alkanes) is 24. The van der Waals surface area contributed by atoms with E-state index in [9.17, 15) is 5.11 Å². The maximum atomic E-state index is 9.80. The minimum atomic E-state index is 0.465. The van der Waals surface area contributed by atoms with Gasteiger partial charge in [0.2, 0.25) is 0 Å². The van der Waals surface area contributed by atoms with E-state index in [-0.39, 0.29) is 0 Å². The Labute approximate surface area is 214 Å². The molecule has 1 N–H and O–H groups in total. The van der Waals surface area contributed by atoms with E-state index in [1.165, 1.54) is 161 Å². The Balaban J connectivity index is 1.67. The van der Waals surface area contributed by atoms with Crippen molar-refractivity contribution in [2.24, 2.45) is 0 Å². The zero-order valence-corrected chi connectivity index (χ0v) is 23.1. The summed E-state index contributed by atoms with van der Waals surface area (Å²) in [5, 5.41) is 9.80. The molecule has 0 amide bonds. The van der Waals surface area contributed by atoms with Crippen LogP contribution in [0.4, 0.5) is 0 Å². The normalized spacial score (nSPS) is 11.3. The molecule has 0 aliphatic rings. The zero-order chi connectivity index (χ0) is 24.4. The monoisotopic (exact) mass is 472 g/mol. The number of hydrogen-bond acceptors (Lipinski definition) is 1. The fourth-order valence-corrected chi connectivity index (χ4v) is 5.18. The fraction of sp³-hybridized carbons (Fsp3) is 0.818. The van der Waals surface area contributed by atoms with Gasteiger partial charge in [-0.2, -0.15) is 0 Å². The Bertz CT molecular complexity index is 523. The van der Waals surface area contributed by atoms with Crippen LogP contribution in [-0.4, -0.2) is 5.11 Å². The molecule has 0 aliphatic heterocycles. The number of phenolic OH excluding ortho intramolecular Hbond substituents is 1. The van der Waals surface area contributed by atoms with E-state index in [1.807, 2.05) is 12.1 Å². The van der Waals surface area contributed by atoms with Gasteiger partial charge in [-0.15, -0.1) is 0 Å². The van der Waals surface area contributed by atoms with Crippen LogP contribution in [0.2, 0.25) is 0 Å². The van der Waals surface area contributed by atoms with Crippen LogP contribution in [0.25, 0.3) is 0 Å². The Hall–Kier alpha value is -0.980. The van der Waals surface area contributed by atoms with Gasteiger partial charge in [0.25, 0.3) is 0 Å². The van der Waals surface area contributed by atoms with Crippen molar-refractivity contribution in [1.29, 1.82) is 0 Å². The molecule has 1 heteroatoms. The molecule has 0 bridgehead atoms. The minimum absolute atomic E-state index is 0.465. The second kappa shape index (κ2) is 25.1. The number of hydrogen-bond donors (Lipinski definition) is 1. The summed E-state index contributed by atoms with van der Waals surface area (Å²) in [4.78, 5) is 0. The average Bonchev–Trinajstić information content (AvgIpc) is 2.85. The van der Waals surface area contributed by atoms with Crippen molar-refractivity contribution >= 4 is 0 Å². The summed E-state index contributed by atoms with van der Waals surface area (Å²) in [5.74, 6) is 0.465. The third-order valence-electron chi connectivity index (χ3n) is 7.54. The fourth-order valence-electron chi connectivity index (χ4n) is 5.18. The van der Waals surface area contributed by atoms with Gasteiger partial charge in [0.15, 0.2) is 0 Å².